The lowest BCUT2D eigenvalue weighted by Gasteiger charge is -2.48. The minimum absolute atomic E-state index is 0.0920. The fraction of sp³-hybridized carbons (Fsp3) is 0.375. The van der Waals surface area contributed by atoms with Gasteiger partial charge in [-0.3, -0.25) is 14.4 Å². The Bertz CT molecular complexity index is 1010. The molecule has 0 bridgehead atoms. The molecule has 2 fully saturated rings. The Morgan fingerprint density at radius 3 is 2.62 bits per heavy atom. The quantitative estimate of drug-likeness (QED) is 0.720. The van der Waals surface area contributed by atoms with Crippen molar-refractivity contribution in [2.75, 3.05) is 12.4 Å². The van der Waals surface area contributed by atoms with Crippen LogP contribution in [0.2, 0.25) is 5.02 Å². The number of methoxy groups -OCH3 is 1. The molecule has 8 heteroatoms. The zero-order valence-electron chi connectivity index (χ0n) is 17.8. The van der Waals surface area contributed by atoms with Crippen molar-refractivity contribution in [1.82, 2.24) is 10.2 Å². The molecule has 2 aromatic carbocycles. The van der Waals surface area contributed by atoms with Gasteiger partial charge in [0, 0.05) is 22.3 Å². The second kappa shape index (κ2) is 9.61. The van der Waals surface area contributed by atoms with Gasteiger partial charge in [-0.2, -0.15) is 0 Å². The number of carbonyl (C=O) groups excluding carboxylic acids is 3. The van der Waals surface area contributed by atoms with E-state index in [0.717, 1.165) is 25.7 Å². The molecular formula is C24H26ClN3O4. The normalized spacial score (nSPS) is 22.5. The second-order valence-electron chi connectivity index (χ2n) is 8.19. The number of carbonyl (C=O) groups is 3. The summed E-state index contributed by atoms with van der Waals surface area (Å²) < 4.78 is 5.18. The van der Waals surface area contributed by atoms with Crippen LogP contribution in [0.5, 0.6) is 5.75 Å². The minimum atomic E-state index is -0.886. The lowest BCUT2D eigenvalue weighted by molar-refractivity contribution is -0.135. The molecular weight excluding hydrogens is 430 g/mol. The first kappa shape index (κ1) is 22.1. The molecule has 0 spiro atoms. The summed E-state index contributed by atoms with van der Waals surface area (Å²) in [5.41, 5.74) is 1.01. The minimum Gasteiger partial charge on any atom is -0.497 e. The summed E-state index contributed by atoms with van der Waals surface area (Å²) in [6, 6.07) is 12.5. The van der Waals surface area contributed by atoms with E-state index in [0.29, 0.717) is 22.0 Å². The van der Waals surface area contributed by atoms with Crippen LogP contribution < -0.4 is 15.4 Å². The van der Waals surface area contributed by atoms with E-state index in [9.17, 15) is 14.4 Å². The molecule has 0 radical (unpaired) electrons. The van der Waals surface area contributed by atoms with Crippen LogP contribution in [0.25, 0.3) is 0 Å². The summed E-state index contributed by atoms with van der Waals surface area (Å²) in [4.78, 5) is 41.0. The van der Waals surface area contributed by atoms with E-state index >= 15 is 0 Å². The zero-order chi connectivity index (χ0) is 22.7. The van der Waals surface area contributed by atoms with Crippen molar-refractivity contribution in [3.05, 3.63) is 59.1 Å². The molecule has 4 rings (SSSR count). The molecule has 2 aromatic rings. The maximum atomic E-state index is 13.6. The summed E-state index contributed by atoms with van der Waals surface area (Å²) in [5.74, 6) is -0.253. The van der Waals surface area contributed by atoms with Crippen molar-refractivity contribution in [2.24, 2.45) is 0 Å². The Morgan fingerprint density at radius 2 is 1.91 bits per heavy atom. The Balaban J connectivity index is 1.59. The summed E-state index contributed by atoms with van der Waals surface area (Å²) in [5, 5.41) is 6.33. The van der Waals surface area contributed by atoms with Gasteiger partial charge in [0.15, 0.2) is 0 Å². The molecule has 3 atom stereocenters. The number of rotatable bonds is 5. The predicted molar refractivity (Wildman–Crippen MR) is 122 cm³/mol. The van der Waals surface area contributed by atoms with Gasteiger partial charge in [0.1, 0.15) is 11.8 Å². The van der Waals surface area contributed by atoms with Gasteiger partial charge in [-0.1, -0.05) is 30.5 Å². The van der Waals surface area contributed by atoms with E-state index in [2.05, 4.69) is 10.6 Å². The van der Waals surface area contributed by atoms with Gasteiger partial charge >= 0.3 is 0 Å². The van der Waals surface area contributed by atoms with Crippen LogP contribution in [0.4, 0.5) is 5.69 Å². The van der Waals surface area contributed by atoms with Crippen LogP contribution in [-0.4, -0.2) is 47.9 Å². The molecule has 1 heterocycles. The highest BCUT2D eigenvalue weighted by molar-refractivity contribution is 6.30. The average Bonchev–Trinajstić information content (AvgIpc) is 2.79. The van der Waals surface area contributed by atoms with Gasteiger partial charge in [0.05, 0.1) is 19.6 Å². The van der Waals surface area contributed by atoms with E-state index in [-0.39, 0.29) is 36.2 Å². The summed E-state index contributed by atoms with van der Waals surface area (Å²) in [6.45, 7) is 0. The molecule has 0 aromatic heterocycles. The van der Waals surface area contributed by atoms with Gasteiger partial charge in [-0.15, -0.1) is 0 Å². The van der Waals surface area contributed by atoms with E-state index in [1.165, 1.54) is 0 Å². The Hall–Kier alpha value is -3.06. The van der Waals surface area contributed by atoms with Crippen molar-refractivity contribution in [3.63, 3.8) is 0 Å². The van der Waals surface area contributed by atoms with Crippen LogP contribution in [0.3, 0.4) is 0 Å². The third-order valence-electron chi connectivity index (χ3n) is 6.11. The largest absolute Gasteiger partial charge is 0.497 e. The molecule has 32 heavy (non-hydrogen) atoms. The van der Waals surface area contributed by atoms with Crippen molar-refractivity contribution < 1.29 is 19.1 Å². The molecule has 1 saturated heterocycles. The highest BCUT2D eigenvalue weighted by Gasteiger charge is 2.46. The van der Waals surface area contributed by atoms with Gasteiger partial charge in [-0.05, 0) is 55.3 Å². The molecule has 2 aliphatic rings. The average molecular weight is 456 g/mol. The van der Waals surface area contributed by atoms with E-state index < -0.39 is 6.04 Å². The number of fused-ring (bicyclic) bond motifs is 1. The molecule has 1 aliphatic carbocycles. The van der Waals surface area contributed by atoms with Crippen LogP contribution in [0.1, 0.15) is 42.5 Å². The van der Waals surface area contributed by atoms with E-state index in [1.54, 1.807) is 60.5 Å². The third kappa shape index (κ3) is 4.72. The molecule has 3 amide bonds. The summed E-state index contributed by atoms with van der Waals surface area (Å²) >= 11 is 6.00. The predicted octanol–water partition coefficient (Wildman–Crippen LogP) is 3.63. The van der Waals surface area contributed by atoms with Crippen LogP contribution in [0.15, 0.2) is 48.5 Å². The first-order valence-corrected chi connectivity index (χ1v) is 11.2. The number of amides is 3. The van der Waals surface area contributed by atoms with Crippen molar-refractivity contribution in [1.29, 1.82) is 0 Å². The molecule has 2 N–H and O–H groups in total. The number of hydrogen-bond donors (Lipinski definition) is 2. The van der Waals surface area contributed by atoms with Crippen molar-refractivity contribution >= 4 is 35.0 Å². The Morgan fingerprint density at radius 1 is 1.16 bits per heavy atom. The van der Waals surface area contributed by atoms with Crippen molar-refractivity contribution in [3.8, 4) is 5.75 Å². The number of hydrogen-bond acceptors (Lipinski definition) is 4. The maximum Gasteiger partial charge on any atom is 0.254 e. The van der Waals surface area contributed by atoms with Gasteiger partial charge in [0.25, 0.3) is 5.91 Å². The van der Waals surface area contributed by atoms with Crippen LogP contribution >= 0.6 is 11.6 Å². The molecule has 168 valence electrons. The van der Waals surface area contributed by atoms with Gasteiger partial charge in [0.2, 0.25) is 11.8 Å². The summed E-state index contributed by atoms with van der Waals surface area (Å²) in [6.07, 6.45) is 3.46. The van der Waals surface area contributed by atoms with Crippen LogP contribution in [-0.2, 0) is 9.59 Å². The van der Waals surface area contributed by atoms with E-state index in [1.807, 2.05) is 0 Å². The highest BCUT2D eigenvalue weighted by atomic mass is 35.5. The second-order valence-corrected chi connectivity index (χ2v) is 8.62. The Labute approximate surface area is 192 Å². The van der Waals surface area contributed by atoms with Gasteiger partial charge in [-0.25, -0.2) is 0 Å². The monoisotopic (exact) mass is 455 g/mol. The molecule has 7 nitrogen and oxygen atoms in total. The highest BCUT2D eigenvalue weighted by Crippen LogP contribution is 2.31. The Kier molecular flexibility index (Phi) is 6.65. The molecule has 1 aliphatic heterocycles. The SMILES string of the molecule is COc1ccc(C(=O)N2[C@@H](CC(=O)Nc3cccc(Cl)c3)C(=O)N[C@@H]3CCCC[C@@H]32)cc1. The standard InChI is InChI=1S/C24H26ClN3O4/c1-32-18-11-9-15(10-12-18)24(31)28-20-8-3-2-7-19(20)27-23(30)21(28)14-22(29)26-17-6-4-5-16(25)13-17/h4-6,9-13,19-21H,2-3,7-8,14H2,1H3,(H,26,29)(H,27,30)/t19-,20+,21+/m1/s1. The smallest absolute Gasteiger partial charge is 0.254 e. The zero-order valence-corrected chi connectivity index (χ0v) is 18.6. The van der Waals surface area contributed by atoms with Crippen LogP contribution in [0, 0.1) is 0 Å². The summed E-state index contributed by atoms with van der Waals surface area (Å²) in [7, 11) is 1.56. The fourth-order valence-electron chi connectivity index (χ4n) is 4.57. The fourth-order valence-corrected chi connectivity index (χ4v) is 4.76. The third-order valence-corrected chi connectivity index (χ3v) is 6.35. The lowest BCUT2D eigenvalue weighted by atomic mass is 9.84. The first-order valence-electron chi connectivity index (χ1n) is 10.8. The first-order chi connectivity index (χ1) is 15.5. The number of ether oxygens (including phenoxy) is 1. The number of piperazine rings is 1. The van der Waals surface area contributed by atoms with Gasteiger partial charge < -0.3 is 20.3 Å². The number of anilines is 1. The van der Waals surface area contributed by atoms with Crippen molar-refractivity contribution in [2.45, 2.75) is 50.2 Å². The number of nitrogens with zero attached hydrogens (tertiary/aromatic N) is 1. The molecule has 1 saturated carbocycles. The lowest BCUT2D eigenvalue weighted by Crippen LogP contribution is -2.68. The number of halogens is 1. The van der Waals surface area contributed by atoms with E-state index in [4.69, 9.17) is 16.3 Å². The maximum absolute atomic E-state index is 13.6. The number of nitrogens with one attached hydrogen (secondary N) is 2. The topological polar surface area (TPSA) is 87.7 Å². The molecule has 0 unspecified atom stereocenters. The number of benzene rings is 2.